The standard InChI is InChI=1S/C19H17N5O4/c1-12(25)21-20-10-15-11-23(16-6-5-13-3-2-4-14(13)9-16)22-19(15)17-7-8-18(28-17)24(26)27/h5-11H,2-4H2,1H3,(H,21,25). The van der Waals surface area contributed by atoms with Gasteiger partial charge in [-0.3, -0.25) is 14.9 Å². The molecule has 0 saturated carbocycles. The molecule has 142 valence electrons. The number of nitrogens with zero attached hydrogens (tertiary/aromatic N) is 4. The average Bonchev–Trinajstić information content (AvgIpc) is 3.39. The second kappa shape index (κ2) is 7.10. The van der Waals surface area contributed by atoms with E-state index in [1.54, 1.807) is 10.9 Å². The SMILES string of the molecule is CC(=O)NN=Cc1cn(-c2ccc3c(c2)CCC3)nc1-c1ccc([N+](=O)[O-])o1. The number of carbonyl (C=O) groups is 1. The number of aryl methyl sites for hydroxylation is 2. The molecule has 0 fully saturated rings. The lowest BCUT2D eigenvalue weighted by Gasteiger charge is -2.04. The van der Waals surface area contributed by atoms with Gasteiger partial charge < -0.3 is 4.42 Å². The Balaban J connectivity index is 1.75. The fourth-order valence-corrected chi connectivity index (χ4v) is 3.25. The maximum atomic E-state index is 11.1. The summed E-state index contributed by atoms with van der Waals surface area (Å²) >= 11 is 0. The molecule has 2 aromatic heterocycles. The van der Waals surface area contributed by atoms with Crippen molar-refractivity contribution >= 4 is 18.0 Å². The number of amides is 1. The second-order valence-corrected chi connectivity index (χ2v) is 6.51. The van der Waals surface area contributed by atoms with Crippen LogP contribution in [0.25, 0.3) is 17.1 Å². The van der Waals surface area contributed by atoms with E-state index in [-0.39, 0.29) is 17.6 Å². The topological polar surface area (TPSA) is 116 Å². The van der Waals surface area contributed by atoms with Crippen molar-refractivity contribution in [3.05, 3.63) is 63.3 Å². The molecule has 28 heavy (non-hydrogen) atoms. The third-order valence-electron chi connectivity index (χ3n) is 4.52. The van der Waals surface area contributed by atoms with Crippen LogP contribution in [0.4, 0.5) is 5.88 Å². The van der Waals surface area contributed by atoms with Gasteiger partial charge in [0.25, 0.3) is 0 Å². The summed E-state index contributed by atoms with van der Waals surface area (Å²) < 4.78 is 6.98. The second-order valence-electron chi connectivity index (χ2n) is 6.51. The van der Waals surface area contributed by atoms with E-state index in [1.807, 2.05) is 6.07 Å². The summed E-state index contributed by atoms with van der Waals surface area (Å²) in [5.74, 6) is -0.430. The van der Waals surface area contributed by atoms with Crippen LogP contribution in [0.1, 0.15) is 30.0 Å². The van der Waals surface area contributed by atoms with E-state index in [1.165, 1.54) is 36.4 Å². The molecular weight excluding hydrogens is 362 g/mol. The van der Waals surface area contributed by atoms with E-state index >= 15 is 0 Å². The van der Waals surface area contributed by atoms with E-state index in [0.717, 1.165) is 24.9 Å². The van der Waals surface area contributed by atoms with E-state index in [2.05, 4.69) is 27.8 Å². The molecule has 4 rings (SSSR count). The lowest BCUT2D eigenvalue weighted by molar-refractivity contribution is -0.401. The van der Waals surface area contributed by atoms with Crippen molar-refractivity contribution in [2.45, 2.75) is 26.2 Å². The monoisotopic (exact) mass is 379 g/mol. The van der Waals surface area contributed by atoms with Crippen LogP contribution < -0.4 is 5.43 Å². The van der Waals surface area contributed by atoms with Gasteiger partial charge in [0.15, 0.2) is 5.76 Å². The number of fused-ring (bicyclic) bond motifs is 1. The van der Waals surface area contributed by atoms with Gasteiger partial charge in [-0.25, -0.2) is 10.1 Å². The summed E-state index contributed by atoms with van der Waals surface area (Å²) in [6.07, 6.45) is 6.45. The van der Waals surface area contributed by atoms with Crippen LogP contribution in [0.2, 0.25) is 0 Å². The smallest absolute Gasteiger partial charge is 0.399 e. The first kappa shape index (κ1) is 17.7. The number of rotatable bonds is 5. The molecule has 0 saturated heterocycles. The predicted molar refractivity (Wildman–Crippen MR) is 101 cm³/mol. The molecule has 2 heterocycles. The van der Waals surface area contributed by atoms with Crippen LogP contribution in [0, 0.1) is 10.1 Å². The van der Waals surface area contributed by atoms with E-state index in [9.17, 15) is 14.9 Å². The average molecular weight is 379 g/mol. The highest BCUT2D eigenvalue weighted by atomic mass is 16.6. The maximum absolute atomic E-state index is 11.1. The minimum absolute atomic E-state index is 0.246. The fraction of sp³-hybridized carbons (Fsp3) is 0.211. The van der Waals surface area contributed by atoms with Crippen LogP contribution in [0.15, 0.2) is 46.0 Å². The number of hydrazone groups is 1. The highest BCUT2D eigenvalue weighted by Gasteiger charge is 2.19. The fourth-order valence-electron chi connectivity index (χ4n) is 3.25. The normalized spacial score (nSPS) is 13.0. The zero-order valence-corrected chi connectivity index (χ0v) is 15.1. The molecule has 0 atom stereocenters. The Labute approximate surface area is 159 Å². The van der Waals surface area contributed by atoms with Crippen molar-refractivity contribution in [3.8, 4) is 17.1 Å². The molecule has 1 aliphatic rings. The molecule has 0 bridgehead atoms. The number of benzene rings is 1. The molecule has 0 aliphatic heterocycles. The van der Waals surface area contributed by atoms with Crippen molar-refractivity contribution in [1.29, 1.82) is 0 Å². The highest BCUT2D eigenvalue weighted by molar-refractivity contribution is 5.88. The van der Waals surface area contributed by atoms with Gasteiger partial charge in [-0.1, -0.05) is 6.07 Å². The first-order chi connectivity index (χ1) is 13.5. The van der Waals surface area contributed by atoms with Crippen molar-refractivity contribution in [2.24, 2.45) is 5.10 Å². The van der Waals surface area contributed by atoms with Gasteiger partial charge in [0, 0.05) is 18.7 Å². The third-order valence-corrected chi connectivity index (χ3v) is 4.52. The van der Waals surface area contributed by atoms with E-state index in [0.29, 0.717) is 11.3 Å². The first-order valence-corrected chi connectivity index (χ1v) is 8.77. The summed E-state index contributed by atoms with van der Waals surface area (Å²) in [7, 11) is 0. The number of nitrogens with one attached hydrogen (secondary N) is 1. The number of aromatic nitrogens is 2. The molecule has 1 N–H and O–H groups in total. The van der Waals surface area contributed by atoms with Crippen LogP contribution in [0.3, 0.4) is 0 Å². The number of nitro groups is 1. The van der Waals surface area contributed by atoms with Crippen LogP contribution in [0.5, 0.6) is 0 Å². The number of hydrogen-bond acceptors (Lipinski definition) is 6. The number of hydrogen-bond donors (Lipinski definition) is 1. The molecule has 0 spiro atoms. The van der Waals surface area contributed by atoms with E-state index in [4.69, 9.17) is 4.42 Å². The van der Waals surface area contributed by atoms with Crippen LogP contribution in [-0.4, -0.2) is 26.8 Å². The van der Waals surface area contributed by atoms with Gasteiger partial charge in [-0.15, -0.1) is 0 Å². The Kier molecular flexibility index (Phi) is 4.48. The highest BCUT2D eigenvalue weighted by Crippen LogP contribution is 2.29. The van der Waals surface area contributed by atoms with Crippen LogP contribution >= 0.6 is 0 Å². The summed E-state index contributed by atoms with van der Waals surface area (Å²) in [5, 5.41) is 19.3. The largest absolute Gasteiger partial charge is 0.433 e. The Bertz CT molecular complexity index is 1100. The molecule has 3 aromatic rings. The van der Waals surface area contributed by atoms with Gasteiger partial charge in [0.2, 0.25) is 5.91 Å². The molecule has 9 nitrogen and oxygen atoms in total. The third kappa shape index (κ3) is 3.41. The zero-order valence-electron chi connectivity index (χ0n) is 15.1. The Morgan fingerprint density at radius 2 is 2.14 bits per heavy atom. The van der Waals surface area contributed by atoms with E-state index < -0.39 is 4.92 Å². The summed E-state index contributed by atoms with van der Waals surface area (Å²) in [6.45, 7) is 1.35. The lowest BCUT2D eigenvalue weighted by atomic mass is 10.1. The van der Waals surface area contributed by atoms with Crippen molar-refractivity contribution in [3.63, 3.8) is 0 Å². The van der Waals surface area contributed by atoms with Gasteiger partial charge in [0.1, 0.15) is 10.6 Å². The number of carbonyl (C=O) groups excluding carboxylic acids is 1. The molecule has 1 aromatic carbocycles. The van der Waals surface area contributed by atoms with Crippen molar-refractivity contribution < 1.29 is 14.1 Å². The summed E-state index contributed by atoms with van der Waals surface area (Å²) in [6, 6.07) is 8.95. The quantitative estimate of drug-likeness (QED) is 0.416. The molecule has 1 aliphatic carbocycles. The zero-order chi connectivity index (χ0) is 19.7. The first-order valence-electron chi connectivity index (χ1n) is 8.77. The Morgan fingerprint density at radius 3 is 2.89 bits per heavy atom. The summed E-state index contributed by atoms with van der Waals surface area (Å²) in [4.78, 5) is 21.4. The minimum Gasteiger partial charge on any atom is -0.399 e. The van der Waals surface area contributed by atoms with Crippen LogP contribution in [-0.2, 0) is 17.6 Å². The Morgan fingerprint density at radius 1 is 1.32 bits per heavy atom. The molecule has 0 radical (unpaired) electrons. The maximum Gasteiger partial charge on any atom is 0.433 e. The van der Waals surface area contributed by atoms with Gasteiger partial charge in [0.05, 0.1) is 18.0 Å². The Hall–Kier alpha value is -3.75. The molecular formula is C19H17N5O4. The predicted octanol–water partition coefficient (Wildman–Crippen LogP) is 3.00. The number of furan rings is 1. The van der Waals surface area contributed by atoms with Crippen molar-refractivity contribution in [1.82, 2.24) is 15.2 Å². The molecule has 9 heteroatoms. The molecule has 0 unspecified atom stereocenters. The van der Waals surface area contributed by atoms with Gasteiger partial charge in [-0.2, -0.15) is 10.2 Å². The van der Waals surface area contributed by atoms with Crippen molar-refractivity contribution in [2.75, 3.05) is 0 Å². The lowest BCUT2D eigenvalue weighted by Crippen LogP contribution is -2.12. The minimum atomic E-state index is -0.605. The molecule has 1 amide bonds. The van der Waals surface area contributed by atoms with Gasteiger partial charge in [-0.05, 0) is 48.6 Å². The summed E-state index contributed by atoms with van der Waals surface area (Å²) in [5.41, 5.74) is 6.81. The van der Waals surface area contributed by atoms with Gasteiger partial charge >= 0.3 is 5.88 Å².